The summed E-state index contributed by atoms with van der Waals surface area (Å²) < 4.78 is 5.83. The van der Waals surface area contributed by atoms with Gasteiger partial charge in [-0.25, -0.2) is 4.98 Å². The van der Waals surface area contributed by atoms with E-state index in [1.807, 2.05) is 18.5 Å². The molecule has 2 heterocycles. The van der Waals surface area contributed by atoms with Crippen LogP contribution >= 0.6 is 0 Å². The molecular formula is C15H21N3O. The van der Waals surface area contributed by atoms with E-state index in [2.05, 4.69) is 21.4 Å². The number of hydrogen-bond donors (Lipinski definition) is 2. The number of rotatable bonds is 6. The van der Waals surface area contributed by atoms with Gasteiger partial charge in [-0.2, -0.15) is 0 Å². The molecule has 19 heavy (non-hydrogen) atoms. The van der Waals surface area contributed by atoms with E-state index in [0.717, 1.165) is 25.3 Å². The number of ether oxygens (including phenoxy) is 1. The molecule has 1 aliphatic carbocycles. The molecule has 0 spiro atoms. The zero-order valence-electron chi connectivity index (χ0n) is 11.2. The molecular weight excluding hydrogens is 238 g/mol. The molecule has 2 aromatic rings. The predicted molar refractivity (Wildman–Crippen MR) is 76.0 cm³/mol. The van der Waals surface area contributed by atoms with Crippen LogP contribution in [0.2, 0.25) is 0 Å². The van der Waals surface area contributed by atoms with Crippen LogP contribution in [0.4, 0.5) is 0 Å². The van der Waals surface area contributed by atoms with E-state index in [1.165, 1.54) is 36.6 Å². The number of nitrogens with one attached hydrogen (secondary N) is 2. The van der Waals surface area contributed by atoms with Gasteiger partial charge in [-0.1, -0.05) is 12.8 Å². The van der Waals surface area contributed by atoms with Crippen molar-refractivity contribution in [2.45, 2.75) is 38.3 Å². The maximum atomic E-state index is 5.83. The number of aromatic nitrogens is 2. The van der Waals surface area contributed by atoms with Gasteiger partial charge in [0.25, 0.3) is 0 Å². The van der Waals surface area contributed by atoms with Gasteiger partial charge < -0.3 is 15.0 Å². The van der Waals surface area contributed by atoms with Crippen LogP contribution in [-0.2, 0) is 11.3 Å². The Hall–Kier alpha value is -1.39. The molecule has 1 saturated carbocycles. The van der Waals surface area contributed by atoms with Crippen LogP contribution in [0.3, 0.4) is 0 Å². The van der Waals surface area contributed by atoms with Gasteiger partial charge in [-0.05, 0) is 30.5 Å². The van der Waals surface area contributed by atoms with Gasteiger partial charge in [-0.15, -0.1) is 0 Å². The van der Waals surface area contributed by atoms with Crippen LogP contribution in [0.5, 0.6) is 0 Å². The Bertz CT molecular complexity index is 517. The predicted octanol–water partition coefficient (Wildman–Crippen LogP) is 2.61. The Morgan fingerprint density at radius 2 is 2.26 bits per heavy atom. The molecule has 0 radical (unpaired) electrons. The fraction of sp³-hybridized carbons (Fsp3) is 0.533. The van der Waals surface area contributed by atoms with Crippen LogP contribution in [0.1, 0.15) is 31.2 Å². The molecule has 0 aromatic carbocycles. The molecule has 3 rings (SSSR count). The first-order valence-electron chi connectivity index (χ1n) is 7.17. The quantitative estimate of drug-likeness (QED) is 0.784. The summed E-state index contributed by atoms with van der Waals surface area (Å²) in [6, 6.07) is 4.08. The van der Waals surface area contributed by atoms with Gasteiger partial charge in [-0.3, -0.25) is 0 Å². The third kappa shape index (κ3) is 3.14. The van der Waals surface area contributed by atoms with E-state index in [4.69, 9.17) is 4.74 Å². The molecule has 0 aliphatic heterocycles. The Kier molecular flexibility index (Phi) is 4.10. The van der Waals surface area contributed by atoms with Crippen molar-refractivity contribution in [3.63, 3.8) is 0 Å². The second-order valence-corrected chi connectivity index (χ2v) is 5.17. The summed E-state index contributed by atoms with van der Waals surface area (Å²) in [6.07, 6.45) is 9.51. The first-order valence-corrected chi connectivity index (χ1v) is 7.17. The highest BCUT2D eigenvalue weighted by atomic mass is 16.5. The van der Waals surface area contributed by atoms with Crippen LogP contribution < -0.4 is 5.32 Å². The highest BCUT2D eigenvalue weighted by Crippen LogP contribution is 2.20. The Labute approximate surface area is 113 Å². The third-order valence-corrected chi connectivity index (χ3v) is 3.79. The zero-order valence-corrected chi connectivity index (χ0v) is 11.2. The standard InChI is InChI=1S/C15H21N3O/c1-2-5-13(4-1)19-9-8-16-10-12-11-18-15-14(12)6-3-7-17-15/h3,6-7,11,13,16H,1-2,4-5,8-10H2,(H,17,18). The average molecular weight is 259 g/mol. The summed E-state index contributed by atoms with van der Waals surface area (Å²) >= 11 is 0. The summed E-state index contributed by atoms with van der Waals surface area (Å²) in [5, 5.41) is 4.63. The number of pyridine rings is 1. The molecule has 1 fully saturated rings. The minimum absolute atomic E-state index is 0.513. The van der Waals surface area contributed by atoms with Gasteiger partial charge in [0.1, 0.15) is 5.65 Å². The van der Waals surface area contributed by atoms with E-state index in [-0.39, 0.29) is 0 Å². The van der Waals surface area contributed by atoms with Gasteiger partial charge in [0.05, 0.1) is 12.7 Å². The minimum atomic E-state index is 0.513. The average Bonchev–Trinajstić information content (AvgIpc) is 3.08. The second kappa shape index (κ2) is 6.17. The lowest BCUT2D eigenvalue weighted by atomic mass is 10.2. The molecule has 2 aromatic heterocycles. The zero-order chi connectivity index (χ0) is 12.9. The van der Waals surface area contributed by atoms with Crippen molar-refractivity contribution in [2.75, 3.05) is 13.2 Å². The topological polar surface area (TPSA) is 49.9 Å². The van der Waals surface area contributed by atoms with Gasteiger partial charge in [0, 0.05) is 30.9 Å². The maximum absolute atomic E-state index is 5.83. The van der Waals surface area contributed by atoms with Crippen molar-refractivity contribution in [3.8, 4) is 0 Å². The van der Waals surface area contributed by atoms with Crippen molar-refractivity contribution < 1.29 is 4.74 Å². The monoisotopic (exact) mass is 259 g/mol. The number of H-pyrrole nitrogens is 1. The van der Waals surface area contributed by atoms with E-state index in [1.54, 1.807) is 0 Å². The van der Waals surface area contributed by atoms with Crippen molar-refractivity contribution >= 4 is 11.0 Å². The van der Waals surface area contributed by atoms with Crippen molar-refractivity contribution in [1.29, 1.82) is 0 Å². The lowest BCUT2D eigenvalue weighted by molar-refractivity contribution is 0.0603. The van der Waals surface area contributed by atoms with Crippen LogP contribution in [0.15, 0.2) is 24.5 Å². The summed E-state index contributed by atoms with van der Waals surface area (Å²) in [4.78, 5) is 7.48. The highest BCUT2D eigenvalue weighted by Gasteiger charge is 2.14. The van der Waals surface area contributed by atoms with Gasteiger partial charge >= 0.3 is 0 Å². The molecule has 0 bridgehead atoms. The molecule has 0 amide bonds. The molecule has 4 nitrogen and oxygen atoms in total. The Balaban J connectivity index is 1.42. The van der Waals surface area contributed by atoms with Crippen molar-refractivity contribution in [1.82, 2.24) is 15.3 Å². The minimum Gasteiger partial charge on any atom is -0.377 e. The SMILES string of the molecule is c1cnc2[nH]cc(CNCCOC3CCCC3)c2c1. The normalized spacial score (nSPS) is 16.4. The highest BCUT2D eigenvalue weighted by molar-refractivity contribution is 5.79. The molecule has 4 heteroatoms. The largest absolute Gasteiger partial charge is 0.377 e. The van der Waals surface area contributed by atoms with Crippen molar-refractivity contribution in [3.05, 3.63) is 30.1 Å². The van der Waals surface area contributed by atoms with E-state index in [9.17, 15) is 0 Å². The molecule has 2 N–H and O–H groups in total. The third-order valence-electron chi connectivity index (χ3n) is 3.79. The number of nitrogens with zero attached hydrogens (tertiary/aromatic N) is 1. The number of aromatic amines is 1. The van der Waals surface area contributed by atoms with Crippen LogP contribution in [-0.4, -0.2) is 29.2 Å². The number of hydrogen-bond acceptors (Lipinski definition) is 3. The van der Waals surface area contributed by atoms with Crippen molar-refractivity contribution in [2.24, 2.45) is 0 Å². The molecule has 0 atom stereocenters. The summed E-state index contributed by atoms with van der Waals surface area (Å²) in [7, 11) is 0. The summed E-state index contributed by atoms with van der Waals surface area (Å²) in [6.45, 7) is 2.58. The van der Waals surface area contributed by atoms with Gasteiger partial charge in [0.15, 0.2) is 0 Å². The summed E-state index contributed by atoms with van der Waals surface area (Å²) in [5.74, 6) is 0. The van der Waals surface area contributed by atoms with Crippen LogP contribution in [0.25, 0.3) is 11.0 Å². The van der Waals surface area contributed by atoms with Gasteiger partial charge in [0.2, 0.25) is 0 Å². The smallest absolute Gasteiger partial charge is 0.137 e. The lowest BCUT2D eigenvalue weighted by Crippen LogP contribution is -2.21. The Morgan fingerprint density at radius 1 is 1.37 bits per heavy atom. The fourth-order valence-corrected chi connectivity index (χ4v) is 2.73. The first-order chi connectivity index (χ1) is 9.43. The van der Waals surface area contributed by atoms with E-state index in [0.29, 0.717) is 6.10 Å². The second-order valence-electron chi connectivity index (χ2n) is 5.17. The molecule has 0 unspecified atom stereocenters. The Morgan fingerprint density at radius 3 is 3.16 bits per heavy atom. The molecule has 1 aliphatic rings. The van der Waals surface area contributed by atoms with E-state index < -0.39 is 0 Å². The fourth-order valence-electron chi connectivity index (χ4n) is 2.73. The number of fused-ring (bicyclic) bond motifs is 1. The molecule has 102 valence electrons. The first kappa shape index (κ1) is 12.6. The maximum Gasteiger partial charge on any atom is 0.137 e. The lowest BCUT2D eigenvalue weighted by Gasteiger charge is -2.11. The van der Waals surface area contributed by atoms with E-state index >= 15 is 0 Å². The summed E-state index contributed by atoms with van der Waals surface area (Å²) in [5.41, 5.74) is 2.23. The molecule has 0 saturated heterocycles. The van der Waals surface area contributed by atoms with Crippen LogP contribution in [0, 0.1) is 0 Å².